The van der Waals surface area contributed by atoms with Crippen LogP contribution in [0.4, 0.5) is 0 Å². The molecule has 0 aliphatic rings. The van der Waals surface area contributed by atoms with Crippen LogP contribution in [0.1, 0.15) is 40.1 Å². The first kappa shape index (κ1) is 15.7. The number of hydrogen-bond acceptors (Lipinski definition) is 6. The van der Waals surface area contributed by atoms with Gasteiger partial charge in [-0.1, -0.05) is 18.7 Å². The predicted octanol–water partition coefficient (Wildman–Crippen LogP) is 2.48. The number of hydrogen-bond donors (Lipinski definition) is 2. The summed E-state index contributed by atoms with van der Waals surface area (Å²) in [6, 6.07) is 0. The van der Waals surface area contributed by atoms with E-state index in [9.17, 15) is 14.7 Å². The summed E-state index contributed by atoms with van der Waals surface area (Å²) in [5, 5.41) is 12.5. The van der Waals surface area contributed by atoms with Gasteiger partial charge in [0.15, 0.2) is 0 Å². The molecule has 0 fully saturated rings. The molecule has 0 aliphatic heterocycles. The molecule has 2 aromatic rings. The Kier molecular flexibility index (Phi) is 5.13. The third kappa shape index (κ3) is 3.92. The molecule has 2 heterocycles. The summed E-state index contributed by atoms with van der Waals surface area (Å²) < 4.78 is 0. The molecule has 8 heteroatoms. The van der Waals surface area contributed by atoms with Crippen molar-refractivity contribution >= 4 is 29.1 Å². The van der Waals surface area contributed by atoms with E-state index in [1.54, 1.807) is 18.3 Å². The Balaban J connectivity index is 2.19. The van der Waals surface area contributed by atoms with Gasteiger partial charge in [0, 0.05) is 16.8 Å². The van der Waals surface area contributed by atoms with E-state index in [-0.39, 0.29) is 10.6 Å². The van der Waals surface area contributed by atoms with Crippen LogP contribution in [-0.2, 0) is 12.2 Å². The largest absolute Gasteiger partial charge is 0.478 e. The number of carboxylic acids is 1. The summed E-state index contributed by atoms with van der Waals surface area (Å²) in [4.78, 5) is 33.3. The van der Waals surface area contributed by atoms with Crippen LogP contribution < -0.4 is 5.69 Å². The highest BCUT2D eigenvalue weighted by Gasteiger charge is 2.17. The number of aromatic carboxylic acids is 1. The average Bonchev–Trinajstić information content (AvgIpc) is 2.83. The highest BCUT2D eigenvalue weighted by Crippen LogP contribution is 2.25. The summed E-state index contributed by atoms with van der Waals surface area (Å²) in [6.07, 6.45) is 1.98. The standard InChI is InChI=1S/C13H15N3O3S2/c1-3-4-9-15-8(5-20-9)6-21-11-10(12(17)18)7(2)14-13(19)16-11/h5H,3-4,6H2,1-2H3,(H,17,18)(H,14,16,19). The van der Waals surface area contributed by atoms with Crippen molar-refractivity contribution in [3.05, 3.63) is 37.8 Å². The van der Waals surface area contributed by atoms with Crippen molar-refractivity contribution < 1.29 is 9.90 Å². The third-order valence-corrected chi connectivity index (χ3v) is 4.69. The Bertz CT molecular complexity index is 709. The van der Waals surface area contributed by atoms with E-state index in [1.807, 2.05) is 5.38 Å². The molecule has 0 saturated carbocycles. The average molecular weight is 325 g/mol. The van der Waals surface area contributed by atoms with E-state index in [0.717, 1.165) is 23.5 Å². The van der Waals surface area contributed by atoms with E-state index in [4.69, 9.17) is 0 Å². The molecule has 2 aromatic heterocycles. The Morgan fingerprint density at radius 3 is 2.90 bits per heavy atom. The number of aromatic nitrogens is 3. The zero-order chi connectivity index (χ0) is 15.4. The summed E-state index contributed by atoms with van der Waals surface area (Å²) >= 11 is 2.82. The fraction of sp³-hybridized carbons (Fsp3) is 0.385. The van der Waals surface area contributed by atoms with Gasteiger partial charge >= 0.3 is 11.7 Å². The molecule has 2 N–H and O–H groups in total. The van der Waals surface area contributed by atoms with Crippen LogP contribution >= 0.6 is 23.1 Å². The number of rotatable bonds is 6. The van der Waals surface area contributed by atoms with E-state index >= 15 is 0 Å². The molecule has 21 heavy (non-hydrogen) atoms. The SMILES string of the molecule is CCCc1nc(CSc2nc(=O)[nH]c(C)c2C(=O)O)cs1. The van der Waals surface area contributed by atoms with Gasteiger partial charge in [-0.25, -0.2) is 14.6 Å². The Labute approximate surface area is 129 Å². The summed E-state index contributed by atoms with van der Waals surface area (Å²) in [7, 11) is 0. The van der Waals surface area contributed by atoms with Gasteiger partial charge in [0.1, 0.15) is 10.6 Å². The van der Waals surface area contributed by atoms with Gasteiger partial charge in [0.05, 0.1) is 10.7 Å². The molecule has 0 atom stereocenters. The van der Waals surface area contributed by atoms with E-state index in [1.165, 1.54) is 11.8 Å². The molecule has 0 spiro atoms. The topological polar surface area (TPSA) is 95.9 Å². The summed E-state index contributed by atoms with van der Waals surface area (Å²) in [5.41, 5.74) is 0.702. The van der Waals surface area contributed by atoms with Crippen LogP contribution in [0.15, 0.2) is 15.2 Å². The van der Waals surface area contributed by atoms with Crippen LogP contribution in [0.25, 0.3) is 0 Å². The monoisotopic (exact) mass is 325 g/mol. The first-order valence-electron chi connectivity index (χ1n) is 6.41. The lowest BCUT2D eigenvalue weighted by molar-refractivity contribution is 0.0690. The van der Waals surface area contributed by atoms with Gasteiger partial charge in [0.2, 0.25) is 0 Å². The fourth-order valence-corrected chi connectivity index (χ4v) is 3.77. The first-order valence-corrected chi connectivity index (χ1v) is 8.28. The second-order valence-corrected chi connectivity index (χ2v) is 6.33. The molecule has 0 amide bonds. The Morgan fingerprint density at radius 1 is 1.48 bits per heavy atom. The van der Waals surface area contributed by atoms with Crippen LogP contribution in [0, 0.1) is 6.92 Å². The predicted molar refractivity (Wildman–Crippen MR) is 82.2 cm³/mol. The molecule has 2 rings (SSSR count). The van der Waals surface area contributed by atoms with Crippen molar-refractivity contribution in [1.82, 2.24) is 15.0 Å². The minimum Gasteiger partial charge on any atom is -0.478 e. The van der Waals surface area contributed by atoms with E-state index < -0.39 is 11.7 Å². The second kappa shape index (κ2) is 6.86. The molecule has 0 aliphatic carbocycles. The minimum absolute atomic E-state index is 0.0450. The van der Waals surface area contributed by atoms with Crippen molar-refractivity contribution in [2.45, 2.75) is 37.5 Å². The van der Waals surface area contributed by atoms with Gasteiger partial charge < -0.3 is 10.1 Å². The normalized spacial score (nSPS) is 10.8. The van der Waals surface area contributed by atoms with Gasteiger partial charge in [-0.2, -0.15) is 4.98 Å². The Morgan fingerprint density at radius 2 is 2.24 bits per heavy atom. The lowest BCUT2D eigenvalue weighted by atomic mass is 10.2. The lowest BCUT2D eigenvalue weighted by Gasteiger charge is -2.05. The smallest absolute Gasteiger partial charge is 0.346 e. The van der Waals surface area contributed by atoms with Gasteiger partial charge in [-0.15, -0.1) is 11.3 Å². The number of aromatic amines is 1. The highest BCUT2D eigenvalue weighted by molar-refractivity contribution is 7.98. The van der Waals surface area contributed by atoms with Crippen molar-refractivity contribution in [2.75, 3.05) is 0 Å². The second-order valence-electron chi connectivity index (χ2n) is 4.42. The van der Waals surface area contributed by atoms with Crippen LogP contribution in [0.5, 0.6) is 0 Å². The van der Waals surface area contributed by atoms with Crippen molar-refractivity contribution in [2.24, 2.45) is 0 Å². The fourth-order valence-electron chi connectivity index (χ4n) is 1.80. The number of aryl methyl sites for hydroxylation is 2. The van der Waals surface area contributed by atoms with Crippen LogP contribution in [0.2, 0.25) is 0 Å². The maximum atomic E-state index is 11.4. The van der Waals surface area contributed by atoms with E-state index in [0.29, 0.717) is 11.4 Å². The van der Waals surface area contributed by atoms with Crippen molar-refractivity contribution in [3.63, 3.8) is 0 Å². The highest BCUT2D eigenvalue weighted by atomic mass is 32.2. The number of thioether (sulfide) groups is 1. The van der Waals surface area contributed by atoms with Crippen LogP contribution in [-0.4, -0.2) is 26.0 Å². The number of nitrogens with zero attached hydrogens (tertiary/aromatic N) is 2. The van der Waals surface area contributed by atoms with Crippen LogP contribution in [0.3, 0.4) is 0 Å². The minimum atomic E-state index is -1.09. The van der Waals surface area contributed by atoms with Crippen molar-refractivity contribution in [3.8, 4) is 0 Å². The molecular formula is C13H15N3O3S2. The van der Waals surface area contributed by atoms with Gasteiger partial charge in [-0.05, 0) is 19.8 Å². The first-order chi connectivity index (χ1) is 10.0. The molecule has 0 radical (unpaired) electrons. The molecule has 0 bridgehead atoms. The van der Waals surface area contributed by atoms with Gasteiger partial charge in [-0.3, -0.25) is 0 Å². The number of thiazole rings is 1. The maximum absolute atomic E-state index is 11.4. The number of carboxylic acid groups (broad SMARTS) is 1. The maximum Gasteiger partial charge on any atom is 0.346 e. The summed E-state index contributed by atoms with van der Waals surface area (Å²) in [5.74, 6) is -0.597. The number of carbonyl (C=O) groups is 1. The molecule has 6 nitrogen and oxygen atoms in total. The Hall–Kier alpha value is -1.67. The number of nitrogens with one attached hydrogen (secondary N) is 1. The van der Waals surface area contributed by atoms with E-state index in [2.05, 4.69) is 21.9 Å². The summed E-state index contributed by atoms with van der Waals surface area (Å²) in [6.45, 7) is 3.65. The lowest BCUT2D eigenvalue weighted by Crippen LogP contribution is -2.18. The molecule has 0 unspecified atom stereocenters. The van der Waals surface area contributed by atoms with Crippen molar-refractivity contribution in [1.29, 1.82) is 0 Å². The number of H-pyrrole nitrogens is 1. The molecule has 112 valence electrons. The zero-order valence-corrected chi connectivity index (χ0v) is 13.3. The molecule has 0 aromatic carbocycles. The molecular weight excluding hydrogens is 310 g/mol. The zero-order valence-electron chi connectivity index (χ0n) is 11.7. The quantitative estimate of drug-likeness (QED) is 0.626. The third-order valence-electron chi connectivity index (χ3n) is 2.72. The van der Waals surface area contributed by atoms with Gasteiger partial charge in [0.25, 0.3) is 0 Å². The molecule has 0 saturated heterocycles.